The van der Waals surface area contributed by atoms with Crippen molar-refractivity contribution in [1.29, 1.82) is 0 Å². The van der Waals surface area contributed by atoms with Gasteiger partial charge in [-0.05, 0) is 5.92 Å². The van der Waals surface area contributed by atoms with Crippen LogP contribution in [0.25, 0.3) is 0 Å². The number of ether oxygens (including phenoxy) is 1. The van der Waals surface area contributed by atoms with Gasteiger partial charge in [0.15, 0.2) is 0 Å². The Hall–Kier alpha value is -2.09. The zero-order chi connectivity index (χ0) is 21.8. The fourth-order valence-corrected chi connectivity index (χ4v) is 3.01. The number of aromatic amines is 1. The van der Waals surface area contributed by atoms with Crippen molar-refractivity contribution in [3.63, 3.8) is 0 Å². The predicted molar refractivity (Wildman–Crippen MR) is 97.4 cm³/mol. The van der Waals surface area contributed by atoms with E-state index in [1.165, 1.54) is 12.5 Å². The summed E-state index contributed by atoms with van der Waals surface area (Å²) in [4.78, 5) is 30.7. The number of hydrogen-bond donors (Lipinski definition) is 8. The van der Waals surface area contributed by atoms with Crippen LogP contribution < -0.4 is 10.6 Å². The highest BCUT2D eigenvalue weighted by Crippen LogP contribution is 2.23. The monoisotopic (exact) mass is 416 g/mol. The van der Waals surface area contributed by atoms with Crippen LogP contribution in [-0.4, -0.2) is 96.7 Å². The van der Waals surface area contributed by atoms with Crippen LogP contribution in [0.4, 0.5) is 0 Å². The van der Waals surface area contributed by atoms with Gasteiger partial charge < -0.3 is 45.9 Å². The third kappa shape index (κ3) is 5.72. The number of aromatic nitrogens is 2. The molecule has 0 aliphatic carbocycles. The second kappa shape index (κ2) is 9.61. The zero-order valence-electron chi connectivity index (χ0n) is 16.1. The minimum Gasteiger partial charge on any atom is -0.480 e. The highest BCUT2D eigenvalue weighted by Gasteiger charge is 2.48. The van der Waals surface area contributed by atoms with Crippen LogP contribution in [0.1, 0.15) is 19.5 Å². The number of imidazole rings is 1. The molecule has 1 saturated heterocycles. The Bertz CT molecular complexity index is 685. The van der Waals surface area contributed by atoms with Gasteiger partial charge in [0.25, 0.3) is 0 Å². The quantitative estimate of drug-likeness (QED) is 0.204. The number of H-pyrrole nitrogens is 1. The smallest absolute Gasteiger partial charge is 0.326 e. The first kappa shape index (κ1) is 23.2. The van der Waals surface area contributed by atoms with Crippen LogP contribution in [-0.2, 0) is 20.7 Å². The number of rotatable bonds is 9. The van der Waals surface area contributed by atoms with Crippen molar-refractivity contribution >= 4 is 11.9 Å². The summed E-state index contributed by atoms with van der Waals surface area (Å²) in [5.41, 5.74) is 0.535. The van der Waals surface area contributed by atoms with Gasteiger partial charge in [-0.3, -0.25) is 4.79 Å². The summed E-state index contributed by atoms with van der Waals surface area (Å²) in [6, 6.07) is -2.13. The number of carboxylic acids is 1. The number of aliphatic hydroxyl groups is 4. The highest BCUT2D eigenvalue weighted by atomic mass is 16.6. The molecule has 1 fully saturated rings. The van der Waals surface area contributed by atoms with Crippen molar-refractivity contribution in [2.75, 3.05) is 13.2 Å². The number of hydrogen-bond acceptors (Lipinski definition) is 9. The molecule has 12 heteroatoms. The Morgan fingerprint density at radius 1 is 1.38 bits per heavy atom. The Balaban J connectivity index is 2.02. The predicted octanol–water partition coefficient (Wildman–Crippen LogP) is -3.06. The van der Waals surface area contributed by atoms with Crippen molar-refractivity contribution < 1.29 is 39.9 Å². The molecule has 8 N–H and O–H groups in total. The molecule has 0 bridgehead atoms. The van der Waals surface area contributed by atoms with Gasteiger partial charge in [0.1, 0.15) is 24.4 Å². The van der Waals surface area contributed by atoms with E-state index >= 15 is 0 Å². The maximum atomic E-state index is 12.7. The van der Waals surface area contributed by atoms with E-state index in [0.29, 0.717) is 5.69 Å². The van der Waals surface area contributed by atoms with E-state index in [1.807, 2.05) is 0 Å². The first-order valence-corrected chi connectivity index (χ1v) is 9.19. The SMILES string of the molecule is CC(C)[C@H](NC[C@@]1(O)OC[C@@H](O)[C@@H](O)[C@@H]1O)C(=O)N[C@@H](Cc1cnc[nH]1)C(=O)O. The molecule has 29 heavy (non-hydrogen) atoms. The lowest BCUT2D eigenvalue weighted by Crippen LogP contribution is -2.66. The molecule has 1 aliphatic rings. The molecule has 6 atom stereocenters. The number of nitrogens with one attached hydrogen (secondary N) is 3. The number of carbonyl (C=O) groups is 2. The fraction of sp³-hybridized carbons (Fsp3) is 0.706. The molecule has 164 valence electrons. The molecular formula is C17H28N4O8. The van der Waals surface area contributed by atoms with Gasteiger partial charge in [-0.1, -0.05) is 13.8 Å². The largest absolute Gasteiger partial charge is 0.480 e. The van der Waals surface area contributed by atoms with Gasteiger partial charge in [-0.2, -0.15) is 0 Å². The summed E-state index contributed by atoms with van der Waals surface area (Å²) in [6.07, 6.45) is -1.92. The molecular weight excluding hydrogens is 388 g/mol. The third-order valence-corrected chi connectivity index (χ3v) is 4.80. The van der Waals surface area contributed by atoms with Crippen LogP contribution in [0.15, 0.2) is 12.5 Å². The molecule has 0 saturated carbocycles. The van der Waals surface area contributed by atoms with Crippen LogP contribution >= 0.6 is 0 Å². The van der Waals surface area contributed by atoms with Gasteiger partial charge in [0, 0.05) is 18.3 Å². The standard InChI is InChI=1S/C17H28N4O8/c1-8(2)12(19-6-17(28)14(24)13(23)11(22)5-29-17)15(25)21-10(16(26)27)3-9-4-18-7-20-9/h4,7-8,10-14,19,22-24,28H,3,5-6H2,1-2H3,(H,18,20)(H,21,25)(H,26,27)/t10-,11+,12-,13+,14-,17+/m0/s1. The Morgan fingerprint density at radius 3 is 2.62 bits per heavy atom. The number of aliphatic carboxylic acids is 1. The first-order chi connectivity index (χ1) is 13.5. The van der Waals surface area contributed by atoms with Crippen LogP contribution in [0, 0.1) is 5.92 Å². The molecule has 0 spiro atoms. The van der Waals surface area contributed by atoms with E-state index < -0.39 is 61.2 Å². The number of nitrogens with zero attached hydrogens (tertiary/aromatic N) is 1. The molecule has 1 aromatic rings. The number of aliphatic hydroxyl groups excluding tert-OH is 3. The average Bonchev–Trinajstić information content (AvgIpc) is 3.16. The van der Waals surface area contributed by atoms with Crippen molar-refractivity contribution in [3.05, 3.63) is 18.2 Å². The topological polar surface area (TPSA) is 197 Å². The molecule has 0 unspecified atom stereocenters. The maximum Gasteiger partial charge on any atom is 0.326 e. The van der Waals surface area contributed by atoms with Crippen LogP contribution in [0.3, 0.4) is 0 Å². The number of amides is 1. The van der Waals surface area contributed by atoms with E-state index in [1.54, 1.807) is 13.8 Å². The Labute approximate surface area is 166 Å². The lowest BCUT2D eigenvalue weighted by atomic mass is 9.95. The summed E-state index contributed by atoms with van der Waals surface area (Å²) in [7, 11) is 0. The van der Waals surface area contributed by atoms with E-state index in [-0.39, 0.29) is 12.3 Å². The summed E-state index contributed by atoms with van der Waals surface area (Å²) < 4.78 is 5.06. The molecule has 0 aromatic carbocycles. The molecule has 1 aliphatic heterocycles. The van der Waals surface area contributed by atoms with Gasteiger partial charge in [0.2, 0.25) is 11.7 Å². The lowest BCUT2D eigenvalue weighted by molar-refractivity contribution is -0.318. The van der Waals surface area contributed by atoms with Gasteiger partial charge in [-0.15, -0.1) is 0 Å². The van der Waals surface area contributed by atoms with Crippen molar-refractivity contribution in [1.82, 2.24) is 20.6 Å². The fourth-order valence-electron chi connectivity index (χ4n) is 3.01. The van der Waals surface area contributed by atoms with Crippen molar-refractivity contribution in [2.24, 2.45) is 5.92 Å². The second-order valence-corrected chi connectivity index (χ2v) is 7.44. The summed E-state index contributed by atoms with van der Waals surface area (Å²) in [5.74, 6) is -4.39. The Kier molecular flexibility index (Phi) is 7.68. The average molecular weight is 416 g/mol. The number of carbonyl (C=O) groups excluding carboxylic acids is 1. The summed E-state index contributed by atoms with van der Waals surface area (Å²) >= 11 is 0. The number of carboxylic acid groups (broad SMARTS) is 1. The van der Waals surface area contributed by atoms with Crippen molar-refractivity contribution in [3.8, 4) is 0 Å². The van der Waals surface area contributed by atoms with Crippen LogP contribution in [0.5, 0.6) is 0 Å². The Morgan fingerprint density at radius 2 is 2.07 bits per heavy atom. The lowest BCUT2D eigenvalue weighted by Gasteiger charge is -2.42. The maximum absolute atomic E-state index is 12.7. The molecule has 1 amide bonds. The minimum atomic E-state index is -2.23. The van der Waals surface area contributed by atoms with Gasteiger partial charge in [-0.25, -0.2) is 9.78 Å². The zero-order valence-corrected chi connectivity index (χ0v) is 16.1. The molecule has 1 aromatic heterocycles. The molecule has 2 rings (SSSR count). The first-order valence-electron chi connectivity index (χ1n) is 9.19. The normalized spacial score (nSPS) is 29.4. The van der Waals surface area contributed by atoms with E-state index in [2.05, 4.69) is 20.6 Å². The minimum absolute atomic E-state index is 0.00172. The summed E-state index contributed by atoms with van der Waals surface area (Å²) in [5, 5.41) is 54.3. The third-order valence-electron chi connectivity index (χ3n) is 4.80. The molecule has 2 heterocycles. The van der Waals surface area contributed by atoms with Crippen molar-refractivity contribution in [2.45, 2.75) is 56.5 Å². The molecule has 12 nitrogen and oxygen atoms in total. The van der Waals surface area contributed by atoms with E-state index in [0.717, 1.165) is 0 Å². The second-order valence-electron chi connectivity index (χ2n) is 7.44. The summed E-state index contributed by atoms with van der Waals surface area (Å²) in [6.45, 7) is 2.58. The van der Waals surface area contributed by atoms with Gasteiger partial charge in [0.05, 0.1) is 25.5 Å². The van der Waals surface area contributed by atoms with E-state index in [4.69, 9.17) is 4.74 Å². The van der Waals surface area contributed by atoms with E-state index in [9.17, 15) is 35.1 Å². The van der Waals surface area contributed by atoms with Crippen LogP contribution in [0.2, 0.25) is 0 Å². The molecule has 0 radical (unpaired) electrons. The van der Waals surface area contributed by atoms with Gasteiger partial charge >= 0.3 is 5.97 Å². The highest BCUT2D eigenvalue weighted by molar-refractivity contribution is 5.87.